The Balaban J connectivity index is -0.000000218. The number of amides is 2. The van der Waals surface area contributed by atoms with Gasteiger partial charge in [0.1, 0.15) is 0 Å². The van der Waals surface area contributed by atoms with Gasteiger partial charge in [0.25, 0.3) is 0 Å². The topological polar surface area (TPSA) is 80.8 Å². The molecule has 0 aromatic carbocycles. The third-order valence-corrected chi connectivity index (χ3v) is 1.62. The smallest absolute Gasteiger partial charge is 0.741 e. The van der Waals surface area contributed by atoms with Crippen LogP contribution in [0.1, 0.15) is 0 Å². The van der Waals surface area contributed by atoms with Crippen molar-refractivity contribution < 1.29 is 53.3 Å². The van der Waals surface area contributed by atoms with E-state index in [0.717, 1.165) is 0 Å². The molecule has 0 aromatic heterocycles. The number of rotatable bonds is 0. The first-order valence-corrected chi connectivity index (χ1v) is 5.12. The average molecular weight is 373 g/mol. The minimum Gasteiger partial charge on any atom is -0.741 e. The van der Waals surface area contributed by atoms with Crippen LogP contribution in [0.15, 0.2) is 0 Å². The molecule has 6 nitrogen and oxygen atoms in total. The molecule has 11 heteroatoms. The van der Waals surface area contributed by atoms with Gasteiger partial charge in [-0.2, -0.15) is 13.2 Å². The van der Waals surface area contributed by atoms with Crippen molar-refractivity contribution in [3.63, 3.8) is 0 Å². The zero-order valence-corrected chi connectivity index (χ0v) is 11.7. The molecule has 0 aliphatic rings. The monoisotopic (exact) mass is 372 g/mol. The van der Waals surface area contributed by atoms with Gasteiger partial charge < -0.3 is 14.4 Å². The number of carbonyl (C=O) groups is 1. The van der Waals surface area contributed by atoms with E-state index < -0.39 is 15.6 Å². The summed E-state index contributed by atoms with van der Waals surface area (Å²) in [6.07, 6.45) is 0. The first kappa shape index (κ1) is 21.9. The summed E-state index contributed by atoms with van der Waals surface area (Å²) in [5.74, 6) is 0. The van der Waals surface area contributed by atoms with Gasteiger partial charge in [0.15, 0.2) is 10.1 Å². The van der Waals surface area contributed by atoms with E-state index in [-0.39, 0.29) is 28.4 Å². The van der Waals surface area contributed by atoms with E-state index in [2.05, 4.69) is 0 Å². The Morgan fingerprint density at radius 3 is 1.24 bits per heavy atom. The Labute approximate surface area is 113 Å². The maximum absolute atomic E-state index is 10.7. The van der Waals surface area contributed by atoms with Crippen LogP contribution in [-0.2, 0) is 32.5 Å². The molecule has 0 aromatic rings. The SMILES string of the molecule is CN(C)C(=O)N(C)C.O=S(=O)([O-])C(F)(F)F.[Ag+]. The van der Waals surface area contributed by atoms with E-state index in [9.17, 15) is 18.0 Å². The first-order valence-electron chi connectivity index (χ1n) is 3.71. The second-order valence-electron chi connectivity index (χ2n) is 2.97. The van der Waals surface area contributed by atoms with Crippen molar-refractivity contribution in [2.75, 3.05) is 28.2 Å². The second kappa shape index (κ2) is 7.93. The second-order valence-corrected chi connectivity index (χ2v) is 4.34. The quantitative estimate of drug-likeness (QED) is 0.347. The van der Waals surface area contributed by atoms with Crippen molar-refractivity contribution in [1.82, 2.24) is 9.80 Å². The molecule has 0 fully saturated rings. The minimum absolute atomic E-state index is 0. The van der Waals surface area contributed by atoms with Gasteiger partial charge in [-0.25, -0.2) is 13.2 Å². The predicted molar refractivity (Wildman–Crippen MR) is 48.5 cm³/mol. The van der Waals surface area contributed by atoms with Crippen LogP contribution in [0.3, 0.4) is 0 Å². The zero-order chi connectivity index (χ0) is 13.7. The van der Waals surface area contributed by atoms with E-state index in [1.165, 1.54) is 9.80 Å². The van der Waals surface area contributed by atoms with E-state index in [1.807, 2.05) is 0 Å². The standard InChI is InChI=1S/C5H12N2O.CHF3O3S.Ag/c1-6(2)5(8)7(3)4;2-1(3,4)8(5,6)7;/h1-4H3;(H,5,6,7);/q;;+1/p-1. The number of halogens is 3. The van der Waals surface area contributed by atoms with Gasteiger partial charge in [0.05, 0.1) is 0 Å². The van der Waals surface area contributed by atoms with Crippen LogP contribution >= 0.6 is 0 Å². The Kier molecular flexibility index (Phi) is 10.2. The van der Waals surface area contributed by atoms with Crippen molar-refractivity contribution >= 4 is 16.1 Å². The number of alkyl halides is 3. The predicted octanol–water partition coefficient (Wildman–Crippen LogP) is 0.279. The number of hydrogen-bond acceptors (Lipinski definition) is 4. The third-order valence-electron chi connectivity index (χ3n) is 1.05. The molecule has 108 valence electrons. The Morgan fingerprint density at radius 1 is 1.06 bits per heavy atom. The fraction of sp³-hybridized carbons (Fsp3) is 0.833. The normalized spacial score (nSPS) is 10.6. The Bertz CT molecular complexity index is 319. The van der Waals surface area contributed by atoms with Crippen LogP contribution in [0.2, 0.25) is 0 Å². The summed E-state index contributed by atoms with van der Waals surface area (Å²) < 4.78 is 58.9. The van der Waals surface area contributed by atoms with Crippen molar-refractivity contribution in [2.45, 2.75) is 5.51 Å². The van der Waals surface area contributed by atoms with E-state index in [4.69, 9.17) is 13.0 Å². The van der Waals surface area contributed by atoms with Crippen molar-refractivity contribution in [1.29, 1.82) is 0 Å². The molecule has 0 saturated heterocycles. The third kappa shape index (κ3) is 10.6. The zero-order valence-electron chi connectivity index (χ0n) is 9.37. The van der Waals surface area contributed by atoms with Crippen LogP contribution in [0, 0.1) is 0 Å². The molecule has 0 radical (unpaired) electrons. The number of hydrogen-bond donors (Lipinski definition) is 0. The number of nitrogens with zero attached hydrogens (tertiary/aromatic N) is 2. The summed E-state index contributed by atoms with van der Waals surface area (Å²) in [6, 6.07) is 0.0185. The summed E-state index contributed by atoms with van der Waals surface area (Å²) >= 11 is 0. The van der Waals surface area contributed by atoms with Crippen molar-refractivity contribution in [2.24, 2.45) is 0 Å². The van der Waals surface area contributed by atoms with Crippen molar-refractivity contribution in [3.05, 3.63) is 0 Å². The molecule has 2 amide bonds. The summed E-state index contributed by atoms with van der Waals surface area (Å²) in [5.41, 5.74) is -5.65. The van der Waals surface area contributed by atoms with Crippen LogP contribution < -0.4 is 0 Å². The van der Waals surface area contributed by atoms with Gasteiger partial charge in [-0.15, -0.1) is 0 Å². The molecule has 0 aliphatic heterocycles. The molecular formula is C6H12AgF3N2O4S. The number of carbonyl (C=O) groups excluding carboxylic acids is 1. The molecule has 17 heavy (non-hydrogen) atoms. The van der Waals surface area contributed by atoms with Gasteiger partial charge in [0, 0.05) is 28.2 Å². The molecule has 0 saturated carbocycles. The summed E-state index contributed by atoms with van der Waals surface area (Å²) in [7, 11) is 0.808. The molecule has 0 spiro atoms. The Morgan fingerprint density at radius 2 is 1.24 bits per heavy atom. The maximum atomic E-state index is 10.7. The molecule has 0 heterocycles. The van der Waals surface area contributed by atoms with Gasteiger partial charge >= 0.3 is 33.9 Å². The first-order chi connectivity index (χ1) is 6.80. The van der Waals surface area contributed by atoms with Crippen LogP contribution in [0.25, 0.3) is 0 Å². The van der Waals surface area contributed by atoms with E-state index in [0.29, 0.717) is 0 Å². The summed E-state index contributed by atoms with van der Waals surface area (Å²) in [4.78, 5) is 13.8. The van der Waals surface area contributed by atoms with E-state index in [1.54, 1.807) is 28.2 Å². The fourth-order valence-electron chi connectivity index (χ4n) is 0.400. The van der Waals surface area contributed by atoms with Crippen molar-refractivity contribution in [3.8, 4) is 0 Å². The van der Waals surface area contributed by atoms with Gasteiger partial charge in [-0.05, 0) is 0 Å². The molecule has 0 atom stereocenters. The average Bonchev–Trinajstić information content (AvgIpc) is 1.99. The van der Waals surface area contributed by atoms with Gasteiger partial charge in [0.2, 0.25) is 0 Å². The molecule has 0 N–H and O–H groups in total. The number of urea groups is 1. The molecule has 0 unspecified atom stereocenters. The molecule has 0 bridgehead atoms. The summed E-state index contributed by atoms with van der Waals surface area (Å²) in [5, 5.41) is 0. The minimum atomic E-state index is -6.09. The molecule has 0 rings (SSSR count). The van der Waals surface area contributed by atoms with Crippen LogP contribution in [-0.4, -0.2) is 62.5 Å². The van der Waals surface area contributed by atoms with Crippen LogP contribution in [0.5, 0.6) is 0 Å². The van der Waals surface area contributed by atoms with Gasteiger partial charge in [-0.1, -0.05) is 0 Å². The fourth-order valence-corrected chi connectivity index (χ4v) is 0.400. The summed E-state index contributed by atoms with van der Waals surface area (Å²) in [6.45, 7) is 0. The maximum Gasteiger partial charge on any atom is 1.00 e. The van der Waals surface area contributed by atoms with E-state index >= 15 is 0 Å². The molecule has 0 aliphatic carbocycles. The Hall–Kier alpha value is -0.290. The largest absolute Gasteiger partial charge is 1.00 e. The molecular weight excluding hydrogens is 361 g/mol. The van der Waals surface area contributed by atoms with Gasteiger partial charge in [-0.3, -0.25) is 0 Å². The van der Waals surface area contributed by atoms with Crippen LogP contribution in [0.4, 0.5) is 18.0 Å².